The van der Waals surface area contributed by atoms with Gasteiger partial charge in [-0.05, 0) is 47.3 Å². The SMILES string of the molecule is O=C(NC(CO)C1CCOC1)C1=C2C=C3CC3=C2C=C1. The quantitative estimate of drug-likeness (QED) is 0.802. The van der Waals surface area contributed by atoms with Crippen molar-refractivity contribution in [2.45, 2.75) is 18.9 Å². The largest absolute Gasteiger partial charge is 0.394 e. The Bertz CT molecular complexity index is 603. The molecule has 0 aromatic carbocycles. The number of carbonyl (C=O) groups excluding carboxylic acids is 1. The standard InChI is InChI=1S/C16H17NO3/c18-7-15(9-3-4-20-8-9)17-16(19)12-2-1-11-13-5-10(13)6-14(11)12/h1-2,6,9,15,18H,3-5,7-8H2,(H,17,19). The molecule has 4 heteroatoms. The number of aliphatic hydroxyl groups is 1. The average Bonchev–Trinajstić information content (AvgIpc) is 2.91. The van der Waals surface area contributed by atoms with Crippen LogP contribution >= 0.6 is 0 Å². The fourth-order valence-electron chi connectivity index (χ4n) is 3.26. The Labute approximate surface area is 117 Å². The number of aliphatic hydroxyl groups excluding tert-OH is 1. The van der Waals surface area contributed by atoms with Crippen molar-refractivity contribution in [3.8, 4) is 0 Å². The normalized spacial score (nSPS) is 27.6. The summed E-state index contributed by atoms with van der Waals surface area (Å²) in [5.41, 5.74) is 5.76. The summed E-state index contributed by atoms with van der Waals surface area (Å²) >= 11 is 0. The van der Waals surface area contributed by atoms with Crippen molar-refractivity contribution in [1.29, 1.82) is 0 Å². The van der Waals surface area contributed by atoms with Crippen molar-refractivity contribution in [3.05, 3.63) is 46.1 Å². The van der Waals surface area contributed by atoms with Gasteiger partial charge in [0.05, 0.1) is 19.3 Å². The van der Waals surface area contributed by atoms with Crippen LogP contribution in [0.1, 0.15) is 12.8 Å². The van der Waals surface area contributed by atoms with Crippen LogP contribution in [0, 0.1) is 5.92 Å². The summed E-state index contributed by atoms with van der Waals surface area (Å²) in [6.45, 7) is 1.29. The van der Waals surface area contributed by atoms with Gasteiger partial charge in [0, 0.05) is 18.1 Å². The minimum absolute atomic E-state index is 0.0405. The van der Waals surface area contributed by atoms with E-state index >= 15 is 0 Å². The molecule has 4 rings (SSSR count). The van der Waals surface area contributed by atoms with Gasteiger partial charge in [-0.25, -0.2) is 0 Å². The lowest BCUT2D eigenvalue weighted by Crippen LogP contribution is -2.43. The third-order valence-corrected chi connectivity index (χ3v) is 4.56. The number of ether oxygens (including phenoxy) is 1. The van der Waals surface area contributed by atoms with Crippen LogP contribution in [0.4, 0.5) is 0 Å². The van der Waals surface area contributed by atoms with Crippen molar-refractivity contribution < 1.29 is 14.6 Å². The summed E-state index contributed by atoms with van der Waals surface area (Å²) in [5, 5.41) is 12.5. The van der Waals surface area contributed by atoms with Crippen LogP contribution in [0.3, 0.4) is 0 Å². The van der Waals surface area contributed by atoms with Crippen molar-refractivity contribution in [1.82, 2.24) is 5.32 Å². The number of nitrogens with one attached hydrogen (secondary N) is 1. The van der Waals surface area contributed by atoms with Crippen LogP contribution in [-0.4, -0.2) is 36.9 Å². The van der Waals surface area contributed by atoms with Gasteiger partial charge in [-0.3, -0.25) is 4.79 Å². The number of carbonyl (C=O) groups is 1. The molecule has 1 heterocycles. The first-order chi connectivity index (χ1) is 9.78. The van der Waals surface area contributed by atoms with Crippen LogP contribution < -0.4 is 5.32 Å². The second-order valence-corrected chi connectivity index (χ2v) is 5.79. The third-order valence-electron chi connectivity index (χ3n) is 4.56. The van der Waals surface area contributed by atoms with Crippen LogP contribution in [0.5, 0.6) is 0 Å². The monoisotopic (exact) mass is 271 g/mol. The van der Waals surface area contributed by atoms with Gasteiger partial charge in [-0.15, -0.1) is 0 Å². The maximum absolute atomic E-state index is 12.4. The zero-order valence-electron chi connectivity index (χ0n) is 11.2. The van der Waals surface area contributed by atoms with Crippen LogP contribution in [0.2, 0.25) is 0 Å². The lowest BCUT2D eigenvalue weighted by molar-refractivity contribution is -0.118. The number of rotatable bonds is 4. The molecule has 1 saturated carbocycles. The first-order valence-electron chi connectivity index (χ1n) is 7.14. The lowest BCUT2D eigenvalue weighted by atomic mass is 9.99. The van der Waals surface area contributed by atoms with Gasteiger partial charge in [0.15, 0.2) is 0 Å². The van der Waals surface area contributed by atoms with Gasteiger partial charge in [0.25, 0.3) is 5.91 Å². The molecule has 0 radical (unpaired) electrons. The highest BCUT2D eigenvalue weighted by Crippen LogP contribution is 2.51. The van der Waals surface area contributed by atoms with Crippen LogP contribution in [0.15, 0.2) is 46.1 Å². The summed E-state index contributed by atoms with van der Waals surface area (Å²) in [4.78, 5) is 12.4. The number of amides is 1. The van der Waals surface area contributed by atoms with Gasteiger partial charge in [-0.1, -0.05) is 6.08 Å². The molecule has 1 amide bonds. The van der Waals surface area contributed by atoms with Gasteiger partial charge < -0.3 is 15.2 Å². The lowest BCUT2D eigenvalue weighted by Gasteiger charge is -2.21. The number of fused-ring (bicyclic) bond motifs is 2. The minimum Gasteiger partial charge on any atom is -0.394 e. The molecule has 2 atom stereocenters. The molecule has 0 aromatic heterocycles. The highest BCUT2D eigenvalue weighted by Gasteiger charge is 2.36. The smallest absolute Gasteiger partial charge is 0.252 e. The molecule has 0 aromatic rings. The molecule has 1 saturated heterocycles. The second-order valence-electron chi connectivity index (χ2n) is 5.79. The van der Waals surface area contributed by atoms with Crippen molar-refractivity contribution in [2.24, 2.45) is 5.92 Å². The van der Waals surface area contributed by atoms with Gasteiger partial charge in [0.2, 0.25) is 0 Å². The maximum Gasteiger partial charge on any atom is 0.252 e. The van der Waals surface area contributed by atoms with E-state index < -0.39 is 0 Å². The van der Waals surface area contributed by atoms with Crippen molar-refractivity contribution in [3.63, 3.8) is 0 Å². The summed E-state index contributed by atoms with van der Waals surface area (Å²) in [7, 11) is 0. The molecule has 104 valence electrons. The molecule has 4 nitrogen and oxygen atoms in total. The van der Waals surface area contributed by atoms with Gasteiger partial charge in [-0.2, -0.15) is 0 Å². The van der Waals surface area contributed by atoms with E-state index in [-0.39, 0.29) is 24.5 Å². The van der Waals surface area contributed by atoms with Crippen LogP contribution in [0.25, 0.3) is 0 Å². The molecule has 1 aliphatic heterocycles. The molecule has 2 N–H and O–H groups in total. The molecule has 20 heavy (non-hydrogen) atoms. The van der Waals surface area contributed by atoms with Gasteiger partial charge >= 0.3 is 0 Å². The number of hydrogen-bond donors (Lipinski definition) is 2. The third kappa shape index (κ3) is 1.79. The topological polar surface area (TPSA) is 58.6 Å². The molecule has 4 aliphatic rings. The van der Waals surface area contributed by atoms with E-state index in [9.17, 15) is 9.90 Å². The Kier molecular flexibility index (Phi) is 2.69. The summed E-state index contributed by atoms with van der Waals surface area (Å²) in [6.07, 6.45) is 8.01. The second kappa shape index (κ2) is 4.43. The molecular weight excluding hydrogens is 254 g/mol. The van der Waals surface area contributed by atoms with E-state index in [2.05, 4.69) is 11.4 Å². The molecule has 0 spiro atoms. The van der Waals surface area contributed by atoms with E-state index in [0.717, 1.165) is 24.0 Å². The number of allylic oxidation sites excluding steroid dienone is 6. The Morgan fingerprint density at radius 2 is 2.35 bits per heavy atom. The molecule has 3 aliphatic carbocycles. The minimum atomic E-state index is -0.216. The van der Waals surface area contributed by atoms with Crippen LogP contribution in [-0.2, 0) is 9.53 Å². The summed E-state index contributed by atoms with van der Waals surface area (Å²) in [5.74, 6) is 0.129. The van der Waals surface area contributed by atoms with E-state index in [1.165, 1.54) is 16.7 Å². The molecule has 0 bridgehead atoms. The summed E-state index contributed by atoms with van der Waals surface area (Å²) in [6, 6.07) is -0.216. The van der Waals surface area contributed by atoms with E-state index in [1.54, 1.807) is 0 Å². The molecule has 2 fully saturated rings. The summed E-state index contributed by atoms with van der Waals surface area (Å²) < 4.78 is 5.33. The Balaban J connectivity index is 1.51. The van der Waals surface area contributed by atoms with E-state index in [1.807, 2.05) is 12.2 Å². The Morgan fingerprint density at radius 3 is 3.10 bits per heavy atom. The highest BCUT2D eigenvalue weighted by atomic mass is 16.5. The molecule has 2 unspecified atom stereocenters. The first-order valence-corrected chi connectivity index (χ1v) is 7.14. The Morgan fingerprint density at radius 1 is 1.45 bits per heavy atom. The predicted molar refractivity (Wildman–Crippen MR) is 73.8 cm³/mol. The van der Waals surface area contributed by atoms with Crippen molar-refractivity contribution >= 4 is 5.91 Å². The zero-order chi connectivity index (χ0) is 13.7. The Hall–Kier alpha value is -1.65. The average molecular weight is 271 g/mol. The molecular formula is C16H17NO3. The predicted octanol–water partition coefficient (Wildman–Crippen LogP) is 1.01. The van der Waals surface area contributed by atoms with E-state index in [4.69, 9.17) is 4.74 Å². The first kappa shape index (κ1) is 12.1. The number of hydrogen-bond acceptors (Lipinski definition) is 3. The van der Waals surface area contributed by atoms with E-state index in [0.29, 0.717) is 13.2 Å². The highest BCUT2D eigenvalue weighted by molar-refractivity contribution is 6.02. The maximum atomic E-state index is 12.4. The fourth-order valence-corrected chi connectivity index (χ4v) is 3.26. The fraction of sp³-hybridized carbons (Fsp3) is 0.438. The van der Waals surface area contributed by atoms with Gasteiger partial charge in [0.1, 0.15) is 0 Å². The zero-order valence-corrected chi connectivity index (χ0v) is 11.2. The van der Waals surface area contributed by atoms with Crippen molar-refractivity contribution in [2.75, 3.05) is 19.8 Å².